The maximum Gasteiger partial charge on any atom is 0.181 e. The molecule has 4 nitrogen and oxygen atoms in total. The molecule has 20 heavy (non-hydrogen) atoms. The molecule has 0 amide bonds. The number of nitrogens with two attached hydrogens (primary N) is 1. The zero-order chi connectivity index (χ0) is 14.5. The molecule has 0 atom stereocenters. The third kappa shape index (κ3) is 2.93. The van der Waals surface area contributed by atoms with Crippen molar-refractivity contribution in [3.8, 4) is 6.07 Å². The van der Waals surface area contributed by atoms with Crippen LogP contribution in [0.2, 0.25) is 0 Å². The summed E-state index contributed by atoms with van der Waals surface area (Å²) in [5, 5.41) is 11.8. The van der Waals surface area contributed by atoms with Crippen molar-refractivity contribution in [3.63, 3.8) is 0 Å². The summed E-state index contributed by atoms with van der Waals surface area (Å²) in [4.78, 5) is 12.0. The number of benzene rings is 2. The molecule has 0 aliphatic carbocycles. The summed E-state index contributed by atoms with van der Waals surface area (Å²) in [5.41, 5.74) is 6.72. The number of para-hydroxylation sites is 1. The largest absolute Gasteiger partial charge is 0.396 e. The van der Waals surface area contributed by atoms with Gasteiger partial charge in [0.15, 0.2) is 5.78 Å². The molecule has 100 valence electrons. The van der Waals surface area contributed by atoms with Crippen LogP contribution in [0.4, 0.5) is 15.8 Å². The van der Waals surface area contributed by atoms with E-state index < -0.39 is 5.82 Å². The lowest BCUT2D eigenvalue weighted by molar-refractivity contribution is 0.101. The maximum absolute atomic E-state index is 13.0. The average molecular weight is 269 g/mol. The Hall–Kier alpha value is -2.87. The number of carbonyl (C=O) groups is 1. The molecule has 0 unspecified atom stereocenters. The lowest BCUT2D eigenvalue weighted by Crippen LogP contribution is -2.15. The SMILES string of the molecule is N#Cc1ccccc1NCC(=O)c1ccc(F)c(N)c1. The van der Waals surface area contributed by atoms with Crippen molar-refractivity contribution < 1.29 is 9.18 Å². The number of nitrogen functional groups attached to an aromatic ring is 1. The molecule has 0 bridgehead atoms. The molecule has 0 heterocycles. The Balaban J connectivity index is 2.09. The van der Waals surface area contributed by atoms with Gasteiger partial charge in [-0.3, -0.25) is 4.79 Å². The molecule has 2 aromatic carbocycles. The molecule has 3 N–H and O–H groups in total. The van der Waals surface area contributed by atoms with Crippen molar-refractivity contribution in [2.45, 2.75) is 0 Å². The van der Waals surface area contributed by atoms with E-state index in [1.807, 2.05) is 6.07 Å². The molecule has 5 heteroatoms. The number of halogens is 1. The molecule has 0 aliphatic heterocycles. The first kappa shape index (κ1) is 13.6. The smallest absolute Gasteiger partial charge is 0.181 e. The first-order valence-electron chi connectivity index (χ1n) is 5.93. The van der Waals surface area contributed by atoms with Gasteiger partial charge in [-0.15, -0.1) is 0 Å². The van der Waals surface area contributed by atoms with Crippen molar-refractivity contribution in [1.29, 1.82) is 5.26 Å². The summed E-state index contributed by atoms with van der Waals surface area (Å²) < 4.78 is 13.0. The predicted molar refractivity (Wildman–Crippen MR) is 74.8 cm³/mol. The first-order valence-corrected chi connectivity index (χ1v) is 5.93. The van der Waals surface area contributed by atoms with Crippen LogP contribution in [-0.4, -0.2) is 12.3 Å². The number of Topliss-reactive ketones (excluding diaryl/α,β-unsaturated/α-hetero) is 1. The fourth-order valence-corrected chi connectivity index (χ4v) is 1.73. The van der Waals surface area contributed by atoms with E-state index in [1.165, 1.54) is 12.1 Å². The Kier molecular flexibility index (Phi) is 3.96. The van der Waals surface area contributed by atoms with E-state index in [0.717, 1.165) is 6.07 Å². The minimum Gasteiger partial charge on any atom is -0.396 e. The van der Waals surface area contributed by atoms with Crippen LogP contribution >= 0.6 is 0 Å². The third-order valence-corrected chi connectivity index (χ3v) is 2.80. The molecule has 0 saturated carbocycles. The lowest BCUT2D eigenvalue weighted by atomic mass is 10.1. The highest BCUT2D eigenvalue weighted by Gasteiger charge is 2.09. The second-order valence-electron chi connectivity index (χ2n) is 4.17. The standard InChI is InChI=1S/C15H12FN3O/c16-12-6-5-10(7-13(12)18)15(20)9-19-14-4-2-1-3-11(14)8-17/h1-7,19H,9,18H2. The zero-order valence-electron chi connectivity index (χ0n) is 10.6. The number of nitrogens with zero attached hydrogens (tertiary/aromatic N) is 1. The van der Waals surface area contributed by atoms with Crippen LogP contribution < -0.4 is 11.1 Å². The Morgan fingerprint density at radius 3 is 2.75 bits per heavy atom. The molecule has 0 spiro atoms. The van der Waals surface area contributed by atoms with Crippen molar-refractivity contribution in [2.75, 3.05) is 17.6 Å². The number of carbonyl (C=O) groups excluding carboxylic acids is 1. The summed E-state index contributed by atoms with van der Waals surface area (Å²) in [6.45, 7) is 0.00374. The van der Waals surface area contributed by atoms with Crippen LogP contribution in [0.3, 0.4) is 0 Å². The number of rotatable bonds is 4. The fourth-order valence-electron chi connectivity index (χ4n) is 1.73. The summed E-state index contributed by atoms with van der Waals surface area (Å²) in [7, 11) is 0. The number of anilines is 2. The van der Waals surface area contributed by atoms with Gasteiger partial charge in [0.1, 0.15) is 11.9 Å². The normalized spacial score (nSPS) is 9.80. The Bertz CT molecular complexity index is 692. The minimum atomic E-state index is -0.552. The van der Waals surface area contributed by atoms with E-state index in [4.69, 9.17) is 11.0 Å². The molecule has 0 saturated heterocycles. The van der Waals surface area contributed by atoms with Gasteiger partial charge in [-0.25, -0.2) is 4.39 Å². The second kappa shape index (κ2) is 5.85. The zero-order valence-corrected chi connectivity index (χ0v) is 10.6. The Morgan fingerprint density at radius 2 is 2.05 bits per heavy atom. The van der Waals surface area contributed by atoms with Crippen LogP contribution in [-0.2, 0) is 0 Å². The Morgan fingerprint density at radius 1 is 1.30 bits per heavy atom. The van der Waals surface area contributed by atoms with Gasteiger partial charge in [-0.2, -0.15) is 5.26 Å². The van der Waals surface area contributed by atoms with E-state index >= 15 is 0 Å². The van der Waals surface area contributed by atoms with Crippen molar-refractivity contribution >= 4 is 17.2 Å². The molecule has 0 radical (unpaired) electrons. The molecular weight excluding hydrogens is 257 g/mol. The highest BCUT2D eigenvalue weighted by molar-refractivity contribution is 5.99. The minimum absolute atomic E-state index is 0.00374. The monoisotopic (exact) mass is 269 g/mol. The highest BCUT2D eigenvalue weighted by atomic mass is 19.1. The maximum atomic E-state index is 13.0. The van der Waals surface area contributed by atoms with E-state index in [1.54, 1.807) is 24.3 Å². The van der Waals surface area contributed by atoms with Crippen molar-refractivity contribution in [3.05, 3.63) is 59.4 Å². The second-order valence-corrected chi connectivity index (χ2v) is 4.17. The van der Waals surface area contributed by atoms with Gasteiger partial charge in [0.05, 0.1) is 23.5 Å². The van der Waals surface area contributed by atoms with Crippen molar-refractivity contribution in [2.24, 2.45) is 0 Å². The number of hydrogen-bond acceptors (Lipinski definition) is 4. The van der Waals surface area contributed by atoms with Gasteiger partial charge in [-0.1, -0.05) is 12.1 Å². The number of hydrogen-bond donors (Lipinski definition) is 2. The molecule has 2 aromatic rings. The van der Waals surface area contributed by atoms with Crippen LogP contribution in [0, 0.1) is 17.1 Å². The van der Waals surface area contributed by atoms with E-state index in [2.05, 4.69) is 5.32 Å². The number of nitriles is 1. The predicted octanol–water partition coefficient (Wildman–Crippen LogP) is 2.57. The summed E-state index contributed by atoms with van der Waals surface area (Å²) in [5.74, 6) is -0.784. The van der Waals surface area contributed by atoms with E-state index in [-0.39, 0.29) is 18.0 Å². The van der Waals surface area contributed by atoms with E-state index in [0.29, 0.717) is 16.8 Å². The molecular formula is C15H12FN3O. The van der Waals surface area contributed by atoms with Gasteiger partial charge >= 0.3 is 0 Å². The third-order valence-electron chi connectivity index (χ3n) is 2.80. The summed E-state index contributed by atoms with van der Waals surface area (Å²) >= 11 is 0. The van der Waals surface area contributed by atoms with Crippen molar-refractivity contribution in [1.82, 2.24) is 0 Å². The topological polar surface area (TPSA) is 78.9 Å². The Labute approximate surface area is 115 Å². The lowest BCUT2D eigenvalue weighted by Gasteiger charge is -2.08. The van der Waals surface area contributed by atoms with Crippen LogP contribution in [0.25, 0.3) is 0 Å². The van der Waals surface area contributed by atoms with Gasteiger partial charge in [0, 0.05) is 5.56 Å². The number of ketones is 1. The van der Waals surface area contributed by atoms with Gasteiger partial charge in [0.25, 0.3) is 0 Å². The molecule has 2 rings (SSSR count). The van der Waals surface area contributed by atoms with Gasteiger partial charge in [-0.05, 0) is 30.3 Å². The van der Waals surface area contributed by atoms with Gasteiger partial charge in [0.2, 0.25) is 0 Å². The fraction of sp³-hybridized carbons (Fsp3) is 0.0667. The highest BCUT2D eigenvalue weighted by Crippen LogP contribution is 2.15. The van der Waals surface area contributed by atoms with Crippen LogP contribution in [0.1, 0.15) is 15.9 Å². The summed E-state index contributed by atoms with van der Waals surface area (Å²) in [6, 6.07) is 12.8. The number of nitrogens with one attached hydrogen (secondary N) is 1. The van der Waals surface area contributed by atoms with Crippen LogP contribution in [0.5, 0.6) is 0 Å². The average Bonchev–Trinajstić information content (AvgIpc) is 2.47. The van der Waals surface area contributed by atoms with Gasteiger partial charge < -0.3 is 11.1 Å². The molecule has 0 aliphatic rings. The molecule has 0 aromatic heterocycles. The van der Waals surface area contributed by atoms with E-state index in [9.17, 15) is 9.18 Å². The quantitative estimate of drug-likeness (QED) is 0.660. The summed E-state index contributed by atoms with van der Waals surface area (Å²) in [6.07, 6.45) is 0. The van der Waals surface area contributed by atoms with Crippen LogP contribution in [0.15, 0.2) is 42.5 Å². The molecule has 0 fully saturated rings. The first-order chi connectivity index (χ1) is 9.61.